The minimum Gasteiger partial charge on any atom is -0.423 e. The quantitative estimate of drug-likeness (QED) is 0.767. The molecule has 0 aromatic carbocycles. The molecule has 72 valence electrons. The lowest BCUT2D eigenvalue weighted by molar-refractivity contribution is 0.403. The standard InChI is InChI=1S/C9H15N3O/c1-5-4-7(5)9-12-11-8(13-9)6(2)10-3/h5-7,10H,4H2,1-3H3. The minimum absolute atomic E-state index is 0.148. The van der Waals surface area contributed by atoms with Gasteiger partial charge in [-0.05, 0) is 26.3 Å². The van der Waals surface area contributed by atoms with E-state index in [4.69, 9.17) is 4.42 Å². The van der Waals surface area contributed by atoms with Crippen LogP contribution in [0.15, 0.2) is 4.42 Å². The van der Waals surface area contributed by atoms with Gasteiger partial charge in [0, 0.05) is 5.92 Å². The van der Waals surface area contributed by atoms with Crippen LogP contribution in [-0.2, 0) is 0 Å². The van der Waals surface area contributed by atoms with E-state index in [9.17, 15) is 0 Å². The van der Waals surface area contributed by atoms with Gasteiger partial charge in [0.1, 0.15) is 0 Å². The lowest BCUT2D eigenvalue weighted by Gasteiger charge is -2.01. The molecule has 1 heterocycles. The Labute approximate surface area is 77.7 Å². The van der Waals surface area contributed by atoms with E-state index in [1.807, 2.05) is 14.0 Å². The van der Waals surface area contributed by atoms with Crippen molar-refractivity contribution in [2.24, 2.45) is 5.92 Å². The van der Waals surface area contributed by atoms with E-state index >= 15 is 0 Å². The average molecular weight is 181 g/mol. The van der Waals surface area contributed by atoms with Crippen molar-refractivity contribution < 1.29 is 4.42 Å². The molecule has 0 amide bonds. The Kier molecular flexibility index (Phi) is 2.07. The summed E-state index contributed by atoms with van der Waals surface area (Å²) in [4.78, 5) is 0. The molecule has 1 aromatic heterocycles. The Morgan fingerprint density at radius 2 is 2.23 bits per heavy atom. The van der Waals surface area contributed by atoms with E-state index < -0.39 is 0 Å². The van der Waals surface area contributed by atoms with Gasteiger partial charge in [0.25, 0.3) is 0 Å². The lowest BCUT2D eigenvalue weighted by atomic mass is 10.3. The van der Waals surface area contributed by atoms with Gasteiger partial charge in [-0.15, -0.1) is 10.2 Å². The molecule has 4 nitrogen and oxygen atoms in total. The Bertz CT molecular complexity index is 278. The monoisotopic (exact) mass is 181 g/mol. The van der Waals surface area contributed by atoms with Crippen molar-refractivity contribution in [2.45, 2.75) is 32.2 Å². The summed E-state index contributed by atoms with van der Waals surface area (Å²) in [5.74, 6) is 2.74. The first-order valence-electron chi connectivity index (χ1n) is 4.73. The summed E-state index contributed by atoms with van der Waals surface area (Å²) < 4.78 is 5.55. The highest BCUT2D eigenvalue weighted by molar-refractivity contribution is 5.05. The summed E-state index contributed by atoms with van der Waals surface area (Å²) in [6.07, 6.45) is 1.19. The third kappa shape index (κ3) is 1.58. The van der Waals surface area contributed by atoms with Crippen LogP contribution in [0.4, 0.5) is 0 Å². The van der Waals surface area contributed by atoms with E-state index in [1.165, 1.54) is 6.42 Å². The smallest absolute Gasteiger partial charge is 0.233 e. The molecule has 1 fully saturated rings. The van der Waals surface area contributed by atoms with Crippen molar-refractivity contribution in [1.29, 1.82) is 0 Å². The van der Waals surface area contributed by atoms with Crippen LogP contribution in [-0.4, -0.2) is 17.2 Å². The van der Waals surface area contributed by atoms with Gasteiger partial charge in [-0.1, -0.05) is 6.92 Å². The van der Waals surface area contributed by atoms with Gasteiger partial charge in [0.05, 0.1) is 6.04 Å². The van der Waals surface area contributed by atoms with Gasteiger partial charge in [-0.25, -0.2) is 0 Å². The molecule has 4 heteroatoms. The van der Waals surface area contributed by atoms with Gasteiger partial charge < -0.3 is 9.73 Å². The molecule has 0 radical (unpaired) electrons. The van der Waals surface area contributed by atoms with E-state index in [0.717, 1.165) is 11.8 Å². The van der Waals surface area contributed by atoms with E-state index in [2.05, 4.69) is 22.4 Å². The van der Waals surface area contributed by atoms with Crippen molar-refractivity contribution in [2.75, 3.05) is 7.05 Å². The largest absolute Gasteiger partial charge is 0.423 e. The summed E-state index contributed by atoms with van der Waals surface area (Å²) in [5.41, 5.74) is 0. The number of hydrogen-bond donors (Lipinski definition) is 1. The van der Waals surface area contributed by atoms with Crippen LogP contribution in [0.3, 0.4) is 0 Å². The minimum atomic E-state index is 0.148. The molecule has 1 N–H and O–H groups in total. The zero-order valence-corrected chi connectivity index (χ0v) is 8.24. The first kappa shape index (κ1) is 8.69. The summed E-state index contributed by atoms with van der Waals surface area (Å²) in [7, 11) is 1.88. The van der Waals surface area contributed by atoms with Gasteiger partial charge >= 0.3 is 0 Å². The molecular weight excluding hydrogens is 166 g/mol. The third-order valence-electron chi connectivity index (χ3n) is 2.69. The second-order valence-electron chi connectivity index (χ2n) is 3.81. The zero-order valence-electron chi connectivity index (χ0n) is 8.24. The molecular formula is C9H15N3O. The molecule has 0 aliphatic heterocycles. The van der Waals surface area contributed by atoms with Crippen LogP contribution in [0.25, 0.3) is 0 Å². The molecule has 1 aromatic rings. The summed E-state index contributed by atoms with van der Waals surface area (Å²) in [5, 5.41) is 11.1. The van der Waals surface area contributed by atoms with Gasteiger partial charge in [0.2, 0.25) is 11.8 Å². The molecule has 0 bridgehead atoms. The van der Waals surface area contributed by atoms with E-state index in [-0.39, 0.29) is 6.04 Å². The Balaban J connectivity index is 2.09. The van der Waals surface area contributed by atoms with Gasteiger partial charge in [-0.3, -0.25) is 0 Å². The average Bonchev–Trinajstić information content (AvgIpc) is 2.70. The normalized spacial score (nSPS) is 28.8. The lowest BCUT2D eigenvalue weighted by Crippen LogP contribution is -2.12. The zero-order chi connectivity index (χ0) is 9.42. The summed E-state index contributed by atoms with van der Waals surface area (Å²) in [6, 6.07) is 0.148. The highest BCUT2D eigenvalue weighted by Gasteiger charge is 2.38. The highest BCUT2D eigenvalue weighted by Crippen LogP contribution is 2.46. The van der Waals surface area contributed by atoms with Crippen LogP contribution >= 0.6 is 0 Å². The van der Waals surface area contributed by atoms with Crippen LogP contribution in [0.5, 0.6) is 0 Å². The van der Waals surface area contributed by atoms with Crippen molar-refractivity contribution in [3.8, 4) is 0 Å². The Morgan fingerprint density at radius 3 is 2.77 bits per heavy atom. The molecule has 13 heavy (non-hydrogen) atoms. The van der Waals surface area contributed by atoms with Crippen LogP contribution in [0.1, 0.15) is 44.0 Å². The third-order valence-corrected chi connectivity index (χ3v) is 2.69. The second-order valence-corrected chi connectivity index (χ2v) is 3.81. The van der Waals surface area contributed by atoms with Crippen molar-refractivity contribution in [3.05, 3.63) is 11.8 Å². The van der Waals surface area contributed by atoms with E-state index in [0.29, 0.717) is 11.8 Å². The van der Waals surface area contributed by atoms with Gasteiger partial charge in [0.15, 0.2) is 0 Å². The van der Waals surface area contributed by atoms with Crippen LogP contribution in [0.2, 0.25) is 0 Å². The molecule has 3 unspecified atom stereocenters. The first-order valence-corrected chi connectivity index (χ1v) is 4.73. The summed E-state index contributed by atoms with van der Waals surface area (Å²) in [6.45, 7) is 4.21. The maximum atomic E-state index is 5.55. The number of nitrogens with zero attached hydrogens (tertiary/aromatic N) is 2. The fourth-order valence-corrected chi connectivity index (χ4v) is 1.36. The number of nitrogens with one attached hydrogen (secondary N) is 1. The second kappa shape index (κ2) is 3.10. The van der Waals surface area contributed by atoms with Crippen molar-refractivity contribution in [1.82, 2.24) is 15.5 Å². The van der Waals surface area contributed by atoms with Crippen LogP contribution in [0, 0.1) is 5.92 Å². The molecule has 2 rings (SSSR count). The van der Waals surface area contributed by atoms with Gasteiger partial charge in [-0.2, -0.15) is 0 Å². The Hall–Kier alpha value is -0.900. The number of hydrogen-bond acceptors (Lipinski definition) is 4. The molecule has 1 aliphatic carbocycles. The molecule has 0 spiro atoms. The number of rotatable bonds is 3. The topological polar surface area (TPSA) is 51.0 Å². The molecule has 0 saturated heterocycles. The maximum Gasteiger partial charge on any atom is 0.233 e. The fraction of sp³-hybridized carbons (Fsp3) is 0.778. The predicted molar refractivity (Wildman–Crippen MR) is 48.3 cm³/mol. The Morgan fingerprint density at radius 1 is 1.54 bits per heavy atom. The molecule has 3 atom stereocenters. The summed E-state index contributed by atoms with van der Waals surface area (Å²) >= 11 is 0. The molecule has 1 aliphatic rings. The van der Waals surface area contributed by atoms with E-state index in [1.54, 1.807) is 0 Å². The predicted octanol–water partition coefficient (Wildman–Crippen LogP) is 1.47. The fourth-order valence-electron chi connectivity index (χ4n) is 1.36. The molecule has 1 saturated carbocycles. The van der Waals surface area contributed by atoms with Crippen molar-refractivity contribution >= 4 is 0 Å². The SMILES string of the molecule is CNC(C)c1nnc(C2CC2C)o1. The van der Waals surface area contributed by atoms with Crippen LogP contribution < -0.4 is 5.32 Å². The first-order chi connectivity index (χ1) is 6.22. The number of aromatic nitrogens is 2. The van der Waals surface area contributed by atoms with Crippen molar-refractivity contribution in [3.63, 3.8) is 0 Å². The highest BCUT2D eigenvalue weighted by atomic mass is 16.4. The maximum absolute atomic E-state index is 5.55.